The van der Waals surface area contributed by atoms with Gasteiger partial charge in [0.2, 0.25) is 0 Å². The number of hydrogen-bond donors (Lipinski definition) is 2. The molecule has 0 saturated carbocycles. The topological polar surface area (TPSA) is 52.6 Å². The van der Waals surface area contributed by atoms with Crippen LogP contribution in [0.25, 0.3) is 0 Å². The first kappa shape index (κ1) is 11.4. The minimum Gasteiger partial charge on any atom is -0.508 e. The van der Waals surface area contributed by atoms with E-state index < -0.39 is 0 Å². The Balaban J connectivity index is 2.35. The van der Waals surface area contributed by atoms with Crippen molar-refractivity contribution in [3.8, 4) is 5.75 Å². The number of urea groups is 1. The number of nitrogens with one attached hydrogen (secondary N) is 1. The van der Waals surface area contributed by atoms with Gasteiger partial charge in [0.05, 0.1) is 0 Å². The molecule has 0 atom stereocenters. The van der Waals surface area contributed by atoms with Crippen LogP contribution in [0, 0.1) is 0 Å². The number of benzene rings is 1. The van der Waals surface area contributed by atoms with Gasteiger partial charge in [-0.1, -0.05) is 12.1 Å². The van der Waals surface area contributed by atoms with Crippen LogP contribution in [0.15, 0.2) is 24.3 Å². The first-order valence-electron chi connectivity index (χ1n) is 4.82. The van der Waals surface area contributed by atoms with Crippen LogP contribution in [0.1, 0.15) is 5.56 Å². The van der Waals surface area contributed by atoms with Crippen molar-refractivity contribution < 1.29 is 9.90 Å². The highest BCUT2D eigenvalue weighted by Crippen LogP contribution is 2.10. The summed E-state index contributed by atoms with van der Waals surface area (Å²) in [7, 11) is 3.40. The second-order valence-corrected chi connectivity index (χ2v) is 3.55. The lowest BCUT2D eigenvalue weighted by Crippen LogP contribution is -2.35. The molecule has 0 bridgehead atoms. The van der Waals surface area contributed by atoms with Gasteiger partial charge in [0, 0.05) is 20.6 Å². The average Bonchev–Trinajstić information content (AvgIpc) is 2.17. The fourth-order valence-electron chi connectivity index (χ4n) is 1.18. The molecule has 0 radical (unpaired) electrons. The van der Waals surface area contributed by atoms with E-state index in [-0.39, 0.29) is 11.8 Å². The number of carbonyl (C=O) groups is 1. The molecule has 1 aromatic carbocycles. The van der Waals surface area contributed by atoms with Crippen LogP contribution < -0.4 is 5.32 Å². The highest BCUT2D eigenvalue weighted by Gasteiger charge is 2.01. The van der Waals surface area contributed by atoms with Crippen molar-refractivity contribution in [2.24, 2.45) is 0 Å². The number of aromatic hydroxyl groups is 1. The predicted octanol–water partition coefficient (Wildman–Crippen LogP) is 1.21. The van der Waals surface area contributed by atoms with Crippen LogP contribution in [0.2, 0.25) is 0 Å². The molecule has 1 aromatic rings. The molecule has 1 rings (SSSR count). The molecule has 0 unspecified atom stereocenters. The maximum absolute atomic E-state index is 11.2. The summed E-state index contributed by atoms with van der Waals surface area (Å²) in [5, 5.41) is 12.0. The largest absolute Gasteiger partial charge is 0.508 e. The molecule has 0 aliphatic rings. The first-order valence-corrected chi connectivity index (χ1v) is 4.82. The Bertz CT molecular complexity index is 337. The molecule has 15 heavy (non-hydrogen) atoms. The molecule has 2 amide bonds. The van der Waals surface area contributed by atoms with Crippen molar-refractivity contribution in [1.29, 1.82) is 0 Å². The van der Waals surface area contributed by atoms with Gasteiger partial charge >= 0.3 is 6.03 Å². The van der Waals surface area contributed by atoms with Gasteiger partial charge in [-0.05, 0) is 24.1 Å². The normalized spacial score (nSPS) is 9.73. The van der Waals surface area contributed by atoms with Gasteiger partial charge in [-0.25, -0.2) is 4.79 Å². The smallest absolute Gasteiger partial charge is 0.316 e. The fraction of sp³-hybridized carbons (Fsp3) is 0.364. The van der Waals surface area contributed by atoms with Crippen LogP contribution in [0.3, 0.4) is 0 Å². The Morgan fingerprint density at radius 2 is 2.20 bits per heavy atom. The monoisotopic (exact) mass is 208 g/mol. The predicted molar refractivity (Wildman–Crippen MR) is 58.9 cm³/mol. The minimum absolute atomic E-state index is 0.102. The second-order valence-electron chi connectivity index (χ2n) is 3.55. The number of phenols is 1. The van der Waals surface area contributed by atoms with Crippen LogP contribution in [0.4, 0.5) is 4.79 Å². The molecule has 0 aliphatic heterocycles. The summed E-state index contributed by atoms with van der Waals surface area (Å²) in [5.41, 5.74) is 1.01. The van der Waals surface area contributed by atoms with Gasteiger partial charge in [-0.2, -0.15) is 0 Å². The lowest BCUT2D eigenvalue weighted by atomic mass is 10.1. The molecule has 0 aromatic heterocycles. The Labute approximate surface area is 89.5 Å². The van der Waals surface area contributed by atoms with Gasteiger partial charge in [0.15, 0.2) is 0 Å². The Kier molecular flexibility index (Phi) is 3.97. The van der Waals surface area contributed by atoms with Gasteiger partial charge in [-0.3, -0.25) is 0 Å². The average molecular weight is 208 g/mol. The number of nitrogens with zero attached hydrogens (tertiary/aromatic N) is 1. The second kappa shape index (κ2) is 5.24. The highest BCUT2D eigenvalue weighted by molar-refractivity contribution is 5.73. The highest BCUT2D eigenvalue weighted by atomic mass is 16.3. The molecule has 4 nitrogen and oxygen atoms in total. The molecule has 0 spiro atoms. The summed E-state index contributed by atoms with van der Waals surface area (Å²) in [6, 6.07) is 6.93. The Morgan fingerprint density at radius 1 is 1.47 bits per heavy atom. The molecule has 0 saturated heterocycles. The number of phenolic OH excluding ortho intramolecular Hbond substituents is 1. The molecule has 0 heterocycles. The third-order valence-electron chi connectivity index (χ3n) is 2.01. The van der Waals surface area contributed by atoms with E-state index in [9.17, 15) is 9.90 Å². The van der Waals surface area contributed by atoms with Gasteiger partial charge in [-0.15, -0.1) is 0 Å². The van der Waals surface area contributed by atoms with Crippen molar-refractivity contribution in [2.75, 3.05) is 20.6 Å². The molecule has 2 N–H and O–H groups in total. The van der Waals surface area contributed by atoms with E-state index >= 15 is 0 Å². The summed E-state index contributed by atoms with van der Waals surface area (Å²) in [6.07, 6.45) is 0.716. The Morgan fingerprint density at radius 3 is 2.80 bits per heavy atom. The van der Waals surface area contributed by atoms with Gasteiger partial charge < -0.3 is 15.3 Å². The van der Waals surface area contributed by atoms with Crippen molar-refractivity contribution in [3.63, 3.8) is 0 Å². The van der Waals surface area contributed by atoms with E-state index in [2.05, 4.69) is 5.32 Å². The zero-order chi connectivity index (χ0) is 11.3. The van der Waals surface area contributed by atoms with Crippen molar-refractivity contribution >= 4 is 6.03 Å². The Hall–Kier alpha value is -1.71. The van der Waals surface area contributed by atoms with Crippen molar-refractivity contribution in [3.05, 3.63) is 29.8 Å². The number of amides is 2. The van der Waals surface area contributed by atoms with Crippen LogP contribution in [-0.4, -0.2) is 36.7 Å². The summed E-state index contributed by atoms with van der Waals surface area (Å²) in [5.74, 6) is 0.256. The van der Waals surface area contributed by atoms with E-state index in [0.717, 1.165) is 5.56 Å². The first-order chi connectivity index (χ1) is 7.09. The zero-order valence-corrected chi connectivity index (χ0v) is 9.03. The minimum atomic E-state index is -0.102. The molecule has 4 heteroatoms. The van der Waals surface area contributed by atoms with Crippen LogP contribution >= 0.6 is 0 Å². The number of rotatable bonds is 3. The maximum atomic E-state index is 11.2. The van der Waals surface area contributed by atoms with E-state index in [0.29, 0.717) is 13.0 Å². The van der Waals surface area contributed by atoms with Gasteiger partial charge in [0.1, 0.15) is 5.75 Å². The molecular weight excluding hydrogens is 192 g/mol. The van der Waals surface area contributed by atoms with Gasteiger partial charge in [0.25, 0.3) is 0 Å². The van der Waals surface area contributed by atoms with E-state index in [4.69, 9.17) is 0 Å². The van der Waals surface area contributed by atoms with E-state index in [1.54, 1.807) is 32.3 Å². The number of carbonyl (C=O) groups excluding carboxylic acids is 1. The summed E-state index contributed by atoms with van der Waals surface area (Å²) in [6.45, 7) is 0.570. The molecule has 0 aliphatic carbocycles. The SMILES string of the molecule is CN(C)C(=O)NCCc1cccc(O)c1. The zero-order valence-electron chi connectivity index (χ0n) is 9.03. The van der Waals surface area contributed by atoms with Crippen molar-refractivity contribution in [1.82, 2.24) is 10.2 Å². The summed E-state index contributed by atoms with van der Waals surface area (Å²) >= 11 is 0. The quantitative estimate of drug-likeness (QED) is 0.784. The third-order valence-corrected chi connectivity index (χ3v) is 2.01. The van der Waals surface area contributed by atoms with Crippen molar-refractivity contribution in [2.45, 2.75) is 6.42 Å². The van der Waals surface area contributed by atoms with E-state index in [1.807, 2.05) is 6.07 Å². The van der Waals surface area contributed by atoms with E-state index in [1.165, 1.54) is 4.90 Å². The standard InChI is InChI=1S/C11H16N2O2/c1-13(2)11(15)12-7-6-9-4-3-5-10(14)8-9/h3-5,8,14H,6-7H2,1-2H3,(H,12,15). The third kappa shape index (κ3) is 3.89. The molecule has 82 valence electrons. The summed E-state index contributed by atoms with van der Waals surface area (Å²) in [4.78, 5) is 12.7. The van der Waals surface area contributed by atoms with Crippen LogP contribution in [-0.2, 0) is 6.42 Å². The lowest BCUT2D eigenvalue weighted by molar-refractivity contribution is 0.217. The fourth-order valence-corrected chi connectivity index (χ4v) is 1.18. The molecule has 0 fully saturated rings. The summed E-state index contributed by atoms with van der Waals surface area (Å²) < 4.78 is 0. The lowest BCUT2D eigenvalue weighted by Gasteiger charge is -2.11. The molecular formula is C11H16N2O2. The van der Waals surface area contributed by atoms with Crippen LogP contribution in [0.5, 0.6) is 5.75 Å². The number of hydrogen-bond acceptors (Lipinski definition) is 2. The maximum Gasteiger partial charge on any atom is 0.316 e.